The second kappa shape index (κ2) is 4.94. The molecule has 4 aromatic rings. The largest absolute Gasteiger partial charge is 0.283 e. The molecule has 0 fully saturated rings. The maximum Gasteiger partial charge on any atom is 0.283 e. The monoisotopic (exact) mass is 331 g/mol. The van der Waals surface area contributed by atoms with Gasteiger partial charge in [-0.15, -0.1) is 16.4 Å². The molecule has 0 atom stereocenters. The summed E-state index contributed by atoms with van der Waals surface area (Å²) in [4.78, 5) is 19.6. The van der Waals surface area contributed by atoms with Crippen molar-refractivity contribution in [1.82, 2.24) is 14.6 Å². The molecule has 0 bridgehead atoms. The molecule has 1 aromatic carbocycles. The highest BCUT2D eigenvalue weighted by molar-refractivity contribution is 8.00. The Hall–Kier alpha value is -1.70. The molecule has 0 saturated carbocycles. The summed E-state index contributed by atoms with van der Waals surface area (Å²) in [6.45, 7) is 0. The Balaban J connectivity index is 2.00. The molecular formula is C14H9N3OS3. The molecule has 0 radical (unpaired) electrons. The van der Waals surface area contributed by atoms with Gasteiger partial charge in [0, 0.05) is 4.88 Å². The third-order valence-corrected chi connectivity index (χ3v) is 6.07. The van der Waals surface area contributed by atoms with E-state index in [1.165, 1.54) is 27.6 Å². The lowest BCUT2D eigenvalue weighted by Gasteiger charge is -1.93. The Morgan fingerprint density at radius 2 is 2.00 bits per heavy atom. The van der Waals surface area contributed by atoms with E-state index in [0.717, 1.165) is 19.6 Å². The quantitative estimate of drug-likeness (QED) is 0.525. The Morgan fingerprint density at radius 1 is 1.19 bits per heavy atom. The molecule has 0 unspecified atom stereocenters. The van der Waals surface area contributed by atoms with Crippen molar-refractivity contribution in [1.29, 1.82) is 0 Å². The van der Waals surface area contributed by atoms with Crippen LogP contribution in [0.1, 0.15) is 0 Å². The van der Waals surface area contributed by atoms with E-state index in [1.807, 2.05) is 42.7 Å². The Bertz CT molecular complexity index is 1000. The van der Waals surface area contributed by atoms with Crippen LogP contribution in [0, 0.1) is 0 Å². The number of rotatable bonds is 2. The lowest BCUT2D eigenvalue weighted by atomic mass is 10.2. The molecule has 0 aliphatic rings. The summed E-state index contributed by atoms with van der Waals surface area (Å²) in [5, 5.41) is 4.92. The molecule has 0 spiro atoms. The molecule has 3 heterocycles. The maximum absolute atomic E-state index is 12.5. The van der Waals surface area contributed by atoms with E-state index in [-0.39, 0.29) is 5.56 Å². The number of thioether (sulfide) groups is 1. The van der Waals surface area contributed by atoms with Gasteiger partial charge in [0.05, 0.1) is 5.39 Å². The minimum atomic E-state index is -0.0926. The Kier molecular flexibility index (Phi) is 3.06. The topological polar surface area (TPSA) is 47.3 Å². The molecule has 0 saturated heterocycles. The molecule has 104 valence electrons. The van der Waals surface area contributed by atoms with Gasteiger partial charge in [-0.2, -0.15) is 4.52 Å². The fraction of sp³-hybridized carbons (Fsp3) is 0.0714. The first kappa shape index (κ1) is 13.0. The number of hydrogen-bond acceptors (Lipinski definition) is 6. The minimum Gasteiger partial charge on any atom is -0.267 e. The van der Waals surface area contributed by atoms with Gasteiger partial charge in [0.2, 0.25) is 4.96 Å². The molecule has 0 N–H and O–H groups in total. The van der Waals surface area contributed by atoms with Gasteiger partial charge in [-0.1, -0.05) is 53.4 Å². The van der Waals surface area contributed by atoms with Crippen LogP contribution in [-0.4, -0.2) is 20.9 Å². The van der Waals surface area contributed by atoms with Gasteiger partial charge in [0.1, 0.15) is 4.83 Å². The second-order valence-electron chi connectivity index (χ2n) is 4.38. The highest BCUT2D eigenvalue weighted by Gasteiger charge is 2.14. The van der Waals surface area contributed by atoms with Crippen molar-refractivity contribution < 1.29 is 0 Å². The zero-order chi connectivity index (χ0) is 14.4. The first-order valence-corrected chi connectivity index (χ1v) is 9.05. The second-order valence-corrected chi connectivity index (χ2v) is 7.42. The van der Waals surface area contributed by atoms with Gasteiger partial charge >= 0.3 is 0 Å². The van der Waals surface area contributed by atoms with Crippen LogP contribution in [0.5, 0.6) is 0 Å². The fourth-order valence-electron chi connectivity index (χ4n) is 2.11. The summed E-state index contributed by atoms with van der Waals surface area (Å²) in [6.07, 6.45) is 1.94. The molecule has 7 heteroatoms. The van der Waals surface area contributed by atoms with Crippen LogP contribution in [0.3, 0.4) is 0 Å². The van der Waals surface area contributed by atoms with E-state index in [4.69, 9.17) is 0 Å². The van der Waals surface area contributed by atoms with E-state index in [0.29, 0.717) is 10.3 Å². The van der Waals surface area contributed by atoms with Crippen LogP contribution in [0.15, 0.2) is 45.5 Å². The smallest absolute Gasteiger partial charge is 0.267 e. The standard InChI is InChI=1S/C14H9N3OS3/c1-19-14-16-17-12(18)9-7-10(8-5-3-2-4-6-8)20-11(9)15-13(17)21-14/h2-7H,1H3. The first-order valence-electron chi connectivity index (χ1n) is 6.19. The normalized spacial score (nSPS) is 11.5. The van der Waals surface area contributed by atoms with Crippen LogP contribution in [0.2, 0.25) is 0 Å². The lowest BCUT2D eigenvalue weighted by Crippen LogP contribution is -2.13. The van der Waals surface area contributed by atoms with E-state index in [1.54, 1.807) is 11.3 Å². The van der Waals surface area contributed by atoms with Crippen molar-refractivity contribution in [3.63, 3.8) is 0 Å². The summed E-state index contributed by atoms with van der Waals surface area (Å²) in [5.41, 5.74) is 1.01. The van der Waals surface area contributed by atoms with Crippen LogP contribution in [0.25, 0.3) is 25.6 Å². The zero-order valence-corrected chi connectivity index (χ0v) is 13.4. The summed E-state index contributed by atoms with van der Waals surface area (Å²) >= 11 is 4.51. The van der Waals surface area contributed by atoms with E-state index < -0.39 is 0 Å². The number of nitrogens with zero attached hydrogens (tertiary/aromatic N) is 3. The molecule has 0 aliphatic carbocycles. The van der Waals surface area contributed by atoms with Gasteiger partial charge < -0.3 is 0 Å². The SMILES string of the molecule is CSc1nn2c(=O)c3cc(-c4ccccc4)sc3nc2s1. The summed E-state index contributed by atoms with van der Waals surface area (Å²) in [6, 6.07) is 11.9. The van der Waals surface area contributed by atoms with E-state index in [9.17, 15) is 4.79 Å². The number of benzene rings is 1. The van der Waals surface area contributed by atoms with Crippen LogP contribution in [-0.2, 0) is 0 Å². The van der Waals surface area contributed by atoms with Gasteiger partial charge in [-0.3, -0.25) is 4.79 Å². The third kappa shape index (κ3) is 2.08. The predicted octanol–water partition coefficient (Wildman–Crippen LogP) is 3.75. The number of aromatic nitrogens is 3. The van der Waals surface area contributed by atoms with Crippen molar-refractivity contribution in [2.75, 3.05) is 6.26 Å². The summed E-state index contributed by atoms with van der Waals surface area (Å²) in [5.74, 6) is 0. The summed E-state index contributed by atoms with van der Waals surface area (Å²) < 4.78 is 2.25. The van der Waals surface area contributed by atoms with Gasteiger partial charge in [0.25, 0.3) is 5.56 Å². The molecular weight excluding hydrogens is 322 g/mol. The molecule has 0 amide bonds. The average molecular weight is 331 g/mol. The van der Waals surface area contributed by atoms with Crippen molar-refractivity contribution in [2.24, 2.45) is 0 Å². The molecule has 4 rings (SSSR count). The minimum absolute atomic E-state index is 0.0926. The number of thiophene rings is 1. The van der Waals surface area contributed by atoms with E-state index >= 15 is 0 Å². The van der Waals surface area contributed by atoms with Crippen molar-refractivity contribution >= 4 is 49.6 Å². The maximum atomic E-state index is 12.5. The molecule has 0 aliphatic heterocycles. The average Bonchev–Trinajstić information content (AvgIpc) is 3.12. The number of fused-ring (bicyclic) bond motifs is 2. The van der Waals surface area contributed by atoms with Crippen LogP contribution >= 0.6 is 34.4 Å². The predicted molar refractivity (Wildman–Crippen MR) is 89.7 cm³/mol. The molecule has 3 aromatic heterocycles. The van der Waals surface area contributed by atoms with Gasteiger partial charge in [-0.25, -0.2) is 4.98 Å². The number of hydrogen-bond donors (Lipinski definition) is 0. The van der Waals surface area contributed by atoms with Gasteiger partial charge in [-0.05, 0) is 17.9 Å². The van der Waals surface area contributed by atoms with E-state index in [2.05, 4.69) is 10.1 Å². The Labute approximate surface area is 132 Å². The third-order valence-electron chi connectivity index (χ3n) is 3.11. The molecule has 21 heavy (non-hydrogen) atoms. The van der Waals surface area contributed by atoms with Crippen LogP contribution in [0.4, 0.5) is 0 Å². The first-order chi connectivity index (χ1) is 10.3. The Morgan fingerprint density at radius 3 is 2.76 bits per heavy atom. The fourth-order valence-corrected chi connectivity index (χ4v) is 4.55. The highest BCUT2D eigenvalue weighted by atomic mass is 32.2. The van der Waals surface area contributed by atoms with Crippen molar-refractivity contribution in [3.05, 3.63) is 46.8 Å². The van der Waals surface area contributed by atoms with Gasteiger partial charge in [0.15, 0.2) is 4.34 Å². The zero-order valence-electron chi connectivity index (χ0n) is 10.9. The highest BCUT2D eigenvalue weighted by Crippen LogP contribution is 2.32. The lowest BCUT2D eigenvalue weighted by molar-refractivity contribution is 0.871. The molecule has 4 nitrogen and oxygen atoms in total. The van der Waals surface area contributed by atoms with Crippen LogP contribution < -0.4 is 5.56 Å². The van der Waals surface area contributed by atoms with Crippen molar-refractivity contribution in [3.8, 4) is 10.4 Å². The van der Waals surface area contributed by atoms with Crippen molar-refractivity contribution in [2.45, 2.75) is 4.34 Å². The summed E-state index contributed by atoms with van der Waals surface area (Å²) in [7, 11) is 0.